The zero-order valence-electron chi connectivity index (χ0n) is 55.3. The van der Waals surface area contributed by atoms with E-state index in [9.17, 15) is 14.4 Å². The van der Waals surface area contributed by atoms with Crippen molar-refractivity contribution >= 4 is 17.9 Å². The Hall–Kier alpha value is -2.63. The Morgan fingerprint density at radius 3 is 0.744 bits per heavy atom. The molecule has 6 heteroatoms. The van der Waals surface area contributed by atoms with Crippen LogP contribution in [0.1, 0.15) is 400 Å². The van der Waals surface area contributed by atoms with Crippen LogP contribution in [0, 0.1) is 0 Å². The Labute approximate surface area is 511 Å². The Bertz CT molecular complexity index is 1410. The van der Waals surface area contributed by atoms with Gasteiger partial charge < -0.3 is 14.2 Å². The van der Waals surface area contributed by atoms with Crippen molar-refractivity contribution in [3.63, 3.8) is 0 Å². The summed E-state index contributed by atoms with van der Waals surface area (Å²) in [6.45, 7) is 6.57. The molecule has 1 atom stereocenters. The lowest BCUT2D eigenvalue weighted by Gasteiger charge is -2.18. The molecule has 0 rings (SSSR count). The van der Waals surface area contributed by atoms with Crippen molar-refractivity contribution in [1.29, 1.82) is 0 Å². The van der Waals surface area contributed by atoms with E-state index >= 15 is 0 Å². The minimum absolute atomic E-state index is 0.0743. The Kier molecular flexibility index (Phi) is 68.6. The van der Waals surface area contributed by atoms with Crippen molar-refractivity contribution in [3.8, 4) is 0 Å². The number of hydrogen-bond donors (Lipinski definition) is 0. The summed E-state index contributed by atoms with van der Waals surface area (Å²) in [4.78, 5) is 38.3. The second kappa shape index (κ2) is 70.9. The molecule has 82 heavy (non-hydrogen) atoms. The van der Waals surface area contributed by atoms with E-state index in [1.165, 1.54) is 263 Å². The highest BCUT2D eigenvalue weighted by molar-refractivity contribution is 5.71. The SMILES string of the molecule is CC/C=C\C/C=C\C/C=C\C/C=C\CCCCCCCCC(=O)OC(COC(=O)CCCCCCCCCCCC)COC(=O)CCCCCCCCCCCCCCCCCCCCCCCCCCCCCCCCCCCCC. The molecule has 6 nitrogen and oxygen atoms in total. The van der Waals surface area contributed by atoms with Gasteiger partial charge in [0.25, 0.3) is 0 Å². The molecule has 0 aliphatic rings. The first-order chi connectivity index (χ1) is 40.5. The quantitative estimate of drug-likeness (QED) is 0.0261. The van der Waals surface area contributed by atoms with Gasteiger partial charge >= 0.3 is 17.9 Å². The number of rotatable bonds is 68. The maximum absolute atomic E-state index is 12.9. The fourth-order valence-corrected chi connectivity index (χ4v) is 11.1. The summed E-state index contributed by atoms with van der Waals surface area (Å²) in [5.41, 5.74) is 0. The summed E-state index contributed by atoms with van der Waals surface area (Å²) in [5.74, 6) is -0.866. The molecule has 480 valence electrons. The van der Waals surface area contributed by atoms with Crippen molar-refractivity contribution in [1.82, 2.24) is 0 Å². The molecule has 0 saturated carbocycles. The molecule has 0 aliphatic heterocycles. The summed E-state index contributed by atoms with van der Waals surface area (Å²) >= 11 is 0. The van der Waals surface area contributed by atoms with E-state index in [-0.39, 0.29) is 31.1 Å². The topological polar surface area (TPSA) is 78.9 Å². The normalized spacial score (nSPS) is 12.3. The molecular formula is C76H140O6. The zero-order valence-corrected chi connectivity index (χ0v) is 55.3. The number of esters is 3. The standard InChI is InChI=1S/C76H140O6/c1-4-7-10-13-16-19-22-24-26-28-30-31-32-33-34-35-36-37-38-39-40-41-42-43-44-45-47-48-50-52-54-57-60-63-66-69-75(78)81-72-73(71-80-74(77)68-65-62-59-56-21-18-15-12-9-6-3)82-76(79)70-67-64-61-58-55-53-51-49-46-29-27-25-23-20-17-14-11-8-5-2/h8,11,17,20,25,27,46,49,73H,4-7,9-10,12-16,18-19,21-24,26,28-45,47-48,50-72H2,1-3H3/b11-8-,20-17-,27-25-,49-46-. The average molecular weight is 1150 g/mol. The molecule has 0 aliphatic carbocycles. The van der Waals surface area contributed by atoms with E-state index in [0.717, 1.165) is 96.3 Å². The Balaban J connectivity index is 4.03. The van der Waals surface area contributed by atoms with Gasteiger partial charge in [0.2, 0.25) is 0 Å². The van der Waals surface area contributed by atoms with Crippen LogP contribution in [0.2, 0.25) is 0 Å². The number of carbonyl (C=O) groups is 3. The Morgan fingerprint density at radius 2 is 0.476 bits per heavy atom. The third-order valence-electron chi connectivity index (χ3n) is 16.6. The molecule has 0 fully saturated rings. The van der Waals surface area contributed by atoms with Crippen LogP contribution in [0.5, 0.6) is 0 Å². The first kappa shape index (κ1) is 79.4. The summed E-state index contributed by atoms with van der Waals surface area (Å²) < 4.78 is 16.9. The second-order valence-electron chi connectivity index (χ2n) is 24.8. The maximum Gasteiger partial charge on any atom is 0.306 e. The van der Waals surface area contributed by atoms with Gasteiger partial charge in [-0.05, 0) is 57.8 Å². The van der Waals surface area contributed by atoms with Crippen LogP contribution in [0.15, 0.2) is 48.6 Å². The third-order valence-corrected chi connectivity index (χ3v) is 16.6. The molecule has 0 amide bonds. The summed E-state index contributed by atoms with van der Waals surface area (Å²) in [7, 11) is 0. The highest BCUT2D eigenvalue weighted by atomic mass is 16.6. The van der Waals surface area contributed by atoms with Gasteiger partial charge in [-0.2, -0.15) is 0 Å². The van der Waals surface area contributed by atoms with E-state index in [1.54, 1.807) is 0 Å². The van der Waals surface area contributed by atoms with Crippen LogP contribution in [0.3, 0.4) is 0 Å². The minimum Gasteiger partial charge on any atom is -0.462 e. The third kappa shape index (κ3) is 68.2. The van der Waals surface area contributed by atoms with Crippen molar-refractivity contribution in [3.05, 3.63) is 48.6 Å². The fourth-order valence-electron chi connectivity index (χ4n) is 11.1. The molecule has 0 spiro atoms. The van der Waals surface area contributed by atoms with E-state index in [4.69, 9.17) is 14.2 Å². The average Bonchev–Trinajstić information content (AvgIpc) is 3.48. The summed E-state index contributed by atoms with van der Waals surface area (Å²) in [6.07, 6.45) is 90.4. The van der Waals surface area contributed by atoms with E-state index in [2.05, 4.69) is 69.4 Å². The fraction of sp³-hybridized carbons (Fsp3) is 0.855. The lowest BCUT2D eigenvalue weighted by atomic mass is 10.0. The van der Waals surface area contributed by atoms with Gasteiger partial charge in [-0.25, -0.2) is 0 Å². The number of carbonyl (C=O) groups excluding carboxylic acids is 3. The molecule has 0 radical (unpaired) electrons. The van der Waals surface area contributed by atoms with Crippen LogP contribution < -0.4 is 0 Å². The van der Waals surface area contributed by atoms with Crippen LogP contribution in [-0.2, 0) is 28.6 Å². The lowest BCUT2D eigenvalue weighted by Crippen LogP contribution is -2.30. The van der Waals surface area contributed by atoms with Crippen molar-refractivity contribution in [2.24, 2.45) is 0 Å². The molecule has 0 bridgehead atoms. The predicted molar refractivity (Wildman–Crippen MR) is 358 cm³/mol. The largest absolute Gasteiger partial charge is 0.462 e. The highest BCUT2D eigenvalue weighted by Gasteiger charge is 2.19. The lowest BCUT2D eigenvalue weighted by molar-refractivity contribution is -0.167. The second-order valence-corrected chi connectivity index (χ2v) is 24.8. The van der Waals surface area contributed by atoms with Crippen molar-refractivity contribution in [2.75, 3.05) is 13.2 Å². The monoisotopic (exact) mass is 1150 g/mol. The maximum atomic E-state index is 12.9. The molecule has 0 saturated heterocycles. The van der Waals surface area contributed by atoms with Crippen LogP contribution in [0.4, 0.5) is 0 Å². The number of hydrogen-bond acceptors (Lipinski definition) is 6. The van der Waals surface area contributed by atoms with Crippen molar-refractivity contribution in [2.45, 2.75) is 406 Å². The molecule has 1 unspecified atom stereocenters. The molecule has 0 aromatic rings. The van der Waals surface area contributed by atoms with Gasteiger partial charge in [0, 0.05) is 19.3 Å². The van der Waals surface area contributed by atoms with Gasteiger partial charge in [-0.1, -0.05) is 371 Å². The van der Waals surface area contributed by atoms with Crippen LogP contribution >= 0.6 is 0 Å². The van der Waals surface area contributed by atoms with Gasteiger partial charge in [0.15, 0.2) is 6.10 Å². The Morgan fingerprint density at radius 1 is 0.256 bits per heavy atom. The van der Waals surface area contributed by atoms with E-state index in [0.29, 0.717) is 19.3 Å². The minimum atomic E-state index is -0.778. The molecule has 0 N–H and O–H groups in total. The van der Waals surface area contributed by atoms with Crippen LogP contribution in [0.25, 0.3) is 0 Å². The van der Waals surface area contributed by atoms with Crippen molar-refractivity contribution < 1.29 is 28.6 Å². The highest BCUT2D eigenvalue weighted by Crippen LogP contribution is 2.19. The van der Waals surface area contributed by atoms with Gasteiger partial charge in [0.1, 0.15) is 13.2 Å². The predicted octanol–water partition coefficient (Wildman–Crippen LogP) is 25.3. The molecule has 0 aromatic heterocycles. The molecular weight excluding hydrogens is 1010 g/mol. The van der Waals surface area contributed by atoms with Crippen LogP contribution in [-0.4, -0.2) is 37.2 Å². The van der Waals surface area contributed by atoms with Gasteiger partial charge in [-0.3, -0.25) is 14.4 Å². The zero-order chi connectivity index (χ0) is 59.2. The van der Waals surface area contributed by atoms with E-state index in [1.807, 2.05) is 0 Å². The molecule has 0 aromatic carbocycles. The number of ether oxygens (including phenoxy) is 3. The first-order valence-corrected chi connectivity index (χ1v) is 36.6. The molecule has 0 heterocycles. The van der Waals surface area contributed by atoms with Gasteiger partial charge in [0.05, 0.1) is 0 Å². The smallest absolute Gasteiger partial charge is 0.306 e. The van der Waals surface area contributed by atoms with Gasteiger partial charge in [-0.15, -0.1) is 0 Å². The summed E-state index contributed by atoms with van der Waals surface area (Å²) in [5, 5.41) is 0. The number of allylic oxidation sites excluding steroid dienone is 8. The first-order valence-electron chi connectivity index (χ1n) is 36.6. The summed E-state index contributed by atoms with van der Waals surface area (Å²) in [6, 6.07) is 0. The van der Waals surface area contributed by atoms with E-state index < -0.39 is 6.10 Å². The number of unbranched alkanes of at least 4 members (excludes halogenated alkanes) is 49.